The largest absolute Gasteiger partial charge is 0.460 e. The van der Waals surface area contributed by atoms with Crippen LogP contribution in [-0.4, -0.2) is 47.5 Å². The number of rotatable bonds is 6. The summed E-state index contributed by atoms with van der Waals surface area (Å²) in [5, 5.41) is 1.09. The van der Waals surface area contributed by atoms with Crippen molar-refractivity contribution in [2.75, 3.05) is 20.3 Å². The molecule has 2 atom stereocenters. The molecule has 1 fully saturated rings. The second-order valence-electron chi connectivity index (χ2n) is 6.32. The molecule has 28 heavy (non-hydrogen) atoms. The van der Waals surface area contributed by atoms with Crippen LogP contribution in [0.4, 0.5) is 0 Å². The number of allylic oxidation sites excluding steroid dienone is 1. The third-order valence-electron chi connectivity index (χ3n) is 4.52. The van der Waals surface area contributed by atoms with E-state index in [1.165, 1.54) is 18.9 Å². The number of amides is 1. The molecule has 9 heteroatoms. The van der Waals surface area contributed by atoms with E-state index in [1.54, 1.807) is 30.0 Å². The summed E-state index contributed by atoms with van der Waals surface area (Å²) >= 11 is 13.7. The van der Waals surface area contributed by atoms with E-state index in [0.717, 1.165) is 0 Å². The lowest BCUT2D eigenvalue weighted by atomic mass is 9.94. The normalized spacial score (nSPS) is 21.7. The molecule has 1 aromatic carbocycles. The molecule has 0 bridgehead atoms. The van der Waals surface area contributed by atoms with Crippen LogP contribution in [0.1, 0.15) is 31.9 Å². The van der Waals surface area contributed by atoms with Crippen LogP contribution < -0.4 is 0 Å². The second kappa shape index (κ2) is 8.86. The van der Waals surface area contributed by atoms with Gasteiger partial charge in [-0.15, -0.1) is 0 Å². The Hall–Kier alpha value is -1.54. The van der Waals surface area contributed by atoms with Crippen molar-refractivity contribution in [1.29, 1.82) is 0 Å². The fourth-order valence-electron chi connectivity index (χ4n) is 3.14. The zero-order chi connectivity index (χ0) is 20.4. The van der Waals surface area contributed by atoms with Gasteiger partial charge in [-0.05, 0) is 31.0 Å². The van der Waals surface area contributed by atoms with Gasteiger partial charge in [0.25, 0.3) is 0 Å². The maximum absolute atomic E-state index is 13.0. The average Bonchev–Trinajstić information content (AvgIpc) is 2.98. The van der Waals surface area contributed by atoms with E-state index >= 15 is 0 Å². The summed E-state index contributed by atoms with van der Waals surface area (Å²) in [5.41, 5.74) is 1.50. The number of halogens is 2. The van der Waals surface area contributed by atoms with Crippen LogP contribution in [0.3, 0.4) is 0 Å². The van der Waals surface area contributed by atoms with Gasteiger partial charge in [-0.2, -0.15) is 0 Å². The Labute approximate surface area is 177 Å². The highest BCUT2D eigenvalue weighted by Gasteiger charge is 2.47. The molecule has 0 aromatic heterocycles. The molecule has 150 valence electrons. The number of fused-ring (bicyclic) bond motifs is 1. The lowest BCUT2D eigenvalue weighted by Gasteiger charge is -2.33. The first-order valence-electron chi connectivity index (χ1n) is 8.79. The first-order chi connectivity index (χ1) is 13.4. The van der Waals surface area contributed by atoms with Gasteiger partial charge in [-0.25, -0.2) is 9.79 Å². The Balaban J connectivity index is 2.07. The number of methoxy groups -OCH3 is 1. The minimum absolute atomic E-state index is 0.0861. The topological polar surface area (TPSA) is 68.2 Å². The molecule has 2 aliphatic rings. The van der Waals surface area contributed by atoms with Crippen molar-refractivity contribution in [3.63, 3.8) is 0 Å². The zero-order valence-electron chi connectivity index (χ0n) is 15.7. The summed E-state index contributed by atoms with van der Waals surface area (Å²) in [7, 11) is 1.53. The summed E-state index contributed by atoms with van der Waals surface area (Å²) in [4.78, 5) is 31.9. The van der Waals surface area contributed by atoms with Gasteiger partial charge < -0.3 is 9.47 Å². The molecule has 6 nitrogen and oxygen atoms in total. The maximum atomic E-state index is 13.0. The third-order valence-corrected chi connectivity index (χ3v) is 6.58. The number of aliphatic imine (C=N–C) groups is 1. The van der Waals surface area contributed by atoms with E-state index in [0.29, 0.717) is 38.5 Å². The quantitative estimate of drug-likeness (QED) is 0.487. The van der Waals surface area contributed by atoms with Crippen molar-refractivity contribution in [1.82, 2.24) is 4.90 Å². The third kappa shape index (κ3) is 3.94. The van der Waals surface area contributed by atoms with E-state index in [9.17, 15) is 9.59 Å². The molecule has 2 heterocycles. The van der Waals surface area contributed by atoms with E-state index in [1.807, 2.05) is 6.92 Å². The molecule has 0 radical (unpaired) electrons. The lowest BCUT2D eigenvalue weighted by molar-refractivity contribution is -0.141. The van der Waals surface area contributed by atoms with Gasteiger partial charge in [0, 0.05) is 7.11 Å². The Bertz CT molecular complexity index is 871. The van der Waals surface area contributed by atoms with Crippen LogP contribution >= 0.6 is 35.0 Å². The number of esters is 1. The van der Waals surface area contributed by atoms with Crippen molar-refractivity contribution in [2.24, 2.45) is 4.99 Å². The van der Waals surface area contributed by atoms with Crippen molar-refractivity contribution in [3.8, 4) is 0 Å². The molecule has 1 saturated heterocycles. The molecule has 0 aliphatic carbocycles. The lowest BCUT2D eigenvalue weighted by Crippen LogP contribution is -2.41. The summed E-state index contributed by atoms with van der Waals surface area (Å²) < 4.78 is 10.3. The molecule has 2 aliphatic heterocycles. The van der Waals surface area contributed by atoms with Gasteiger partial charge in [0.15, 0.2) is 5.17 Å². The van der Waals surface area contributed by atoms with E-state index in [-0.39, 0.29) is 24.4 Å². The predicted molar refractivity (Wildman–Crippen MR) is 111 cm³/mol. The smallest absolute Gasteiger partial charge is 0.338 e. The van der Waals surface area contributed by atoms with Gasteiger partial charge in [0.1, 0.15) is 6.61 Å². The highest BCUT2D eigenvalue weighted by Crippen LogP contribution is 2.44. The molecule has 1 amide bonds. The van der Waals surface area contributed by atoms with Crippen molar-refractivity contribution < 1.29 is 19.1 Å². The van der Waals surface area contributed by atoms with Gasteiger partial charge >= 0.3 is 5.97 Å². The Kier molecular flexibility index (Phi) is 6.70. The number of ether oxygens (including phenoxy) is 2. The molecule has 0 unspecified atom stereocenters. The monoisotopic (exact) mass is 442 g/mol. The highest BCUT2D eigenvalue weighted by molar-refractivity contribution is 8.15. The number of nitrogens with zero attached hydrogens (tertiary/aromatic N) is 2. The van der Waals surface area contributed by atoms with Crippen LogP contribution in [0.25, 0.3) is 0 Å². The van der Waals surface area contributed by atoms with Gasteiger partial charge in [0.05, 0.1) is 39.2 Å². The number of carbonyl (C=O) groups is 2. The fourth-order valence-corrected chi connectivity index (χ4v) is 4.58. The minimum Gasteiger partial charge on any atom is -0.460 e. The summed E-state index contributed by atoms with van der Waals surface area (Å²) in [6, 6.07) is 4.41. The average molecular weight is 443 g/mol. The van der Waals surface area contributed by atoms with E-state index in [4.69, 9.17) is 32.7 Å². The molecule has 0 spiro atoms. The Morgan fingerprint density at radius 1 is 1.29 bits per heavy atom. The van der Waals surface area contributed by atoms with Gasteiger partial charge in [0.2, 0.25) is 5.91 Å². The van der Waals surface area contributed by atoms with Crippen molar-refractivity contribution in [2.45, 2.75) is 31.6 Å². The van der Waals surface area contributed by atoms with Gasteiger partial charge in [-0.3, -0.25) is 9.69 Å². The Morgan fingerprint density at radius 3 is 2.68 bits per heavy atom. The predicted octanol–water partition coefficient (Wildman–Crippen LogP) is 4.22. The van der Waals surface area contributed by atoms with Crippen molar-refractivity contribution >= 4 is 52.0 Å². The van der Waals surface area contributed by atoms with Gasteiger partial charge in [-0.1, -0.05) is 48.0 Å². The first kappa shape index (κ1) is 21.2. The second-order valence-corrected chi connectivity index (χ2v) is 8.31. The molecular weight excluding hydrogens is 423 g/mol. The molecule has 1 aromatic rings. The summed E-state index contributed by atoms with van der Waals surface area (Å²) in [6.45, 7) is 4.08. The molecule has 3 rings (SSSR count). The standard InChI is InChI=1S/C19H20Cl2N2O4S/c1-4-14-17(24)23-16(11-5-6-12(20)13(21)9-11)15(10(2)22-19(23)28-14)18(25)27-8-7-26-3/h5-6,9,14,16H,4,7-8H2,1-3H3/t14-,16+/m0/s1. The number of amidine groups is 1. The number of carbonyl (C=O) groups excluding carboxylic acids is 2. The number of hydrogen-bond acceptors (Lipinski definition) is 6. The minimum atomic E-state index is -0.672. The van der Waals surface area contributed by atoms with Crippen LogP contribution in [0.2, 0.25) is 10.0 Å². The molecular formula is C19H20Cl2N2O4S. The SMILES string of the molecule is CC[C@@H]1SC2=NC(C)=C(C(=O)OCCOC)[C@@H](c3ccc(Cl)c(Cl)c3)N2C1=O. The summed E-state index contributed by atoms with van der Waals surface area (Å²) in [6.07, 6.45) is 0.666. The molecule has 0 N–H and O–H groups in total. The van der Waals surface area contributed by atoms with Crippen LogP contribution in [0.15, 0.2) is 34.5 Å². The molecule has 0 saturated carbocycles. The first-order valence-corrected chi connectivity index (χ1v) is 10.4. The van der Waals surface area contributed by atoms with Crippen molar-refractivity contribution in [3.05, 3.63) is 45.1 Å². The van der Waals surface area contributed by atoms with Crippen LogP contribution in [0.5, 0.6) is 0 Å². The van der Waals surface area contributed by atoms with Crippen LogP contribution in [-0.2, 0) is 19.1 Å². The Morgan fingerprint density at radius 2 is 2.04 bits per heavy atom. The van der Waals surface area contributed by atoms with E-state index < -0.39 is 12.0 Å². The van der Waals surface area contributed by atoms with E-state index in [2.05, 4.69) is 4.99 Å². The maximum Gasteiger partial charge on any atom is 0.338 e. The highest BCUT2D eigenvalue weighted by atomic mass is 35.5. The van der Waals surface area contributed by atoms with Crippen LogP contribution in [0, 0.1) is 0 Å². The number of benzene rings is 1. The fraction of sp³-hybridized carbons (Fsp3) is 0.421. The number of hydrogen-bond donors (Lipinski definition) is 0. The summed E-state index contributed by atoms with van der Waals surface area (Å²) in [5.74, 6) is -0.622. The zero-order valence-corrected chi connectivity index (χ0v) is 18.0. The number of thioether (sulfide) groups is 1.